The molecule has 0 bridgehead atoms. The lowest BCUT2D eigenvalue weighted by Gasteiger charge is -2.22. The maximum absolute atomic E-state index is 12.1. The van der Waals surface area contributed by atoms with Crippen molar-refractivity contribution in [1.29, 1.82) is 0 Å². The van der Waals surface area contributed by atoms with E-state index in [1.165, 1.54) is 5.56 Å². The predicted molar refractivity (Wildman–Crippen MR) is 88.9 cm³/mol. The molecule has 1 amide bonds. The molecular formula is C18H20ClNO. The van der Waals surface area contributed by atoms with Gasteiger partial charge in [-0.15, -0.1) is 11.6 Å². The minimum absolute atomic E-state index is 0.0149. The number of rotatable bonds is 5. The zero-order chi connectivity index (χ0) is 15.2. The second kappa shape index (κ2) is 7.28. The molecule has 0 saturated carbocycles. The number of halogens is 1. The number of alkyl halides is 1. The van der Waals surface area contributed by atoms with Gasteiger partial charge in [0.15, 0.2) is 0 Å². The Bertz CT molecular complexity index is 578. The van der Waals surface area contributed by atoms with E-state index < -0.39 is 0 Å². The van der Waals surface area contributed by atoms with Gasteiger partial charge in [0.25, 0.3) is 0 Å². The molecule has 0 fully saturated rings. The lowest BCUT2D eigenvalue weighted by atomic mass is 10.0. The van der Waals surface area contributed by atoms with Gasteiger partial charge in [-0.2, -0.15) is 0 Å². The summed E-state index contributed by atoms with van der Waals surface area (Å²) in [5, 5.41) is 0. The van der Waals surface area contributed by atoms with Crippen LogP contribution in [0.3, 0.4) is 0 Å². The Kier molecular flexibility index (Phi) is 5.40. The largest absolute Gasteiger partial charge is 0.307 e. The summed E-state index contributed by atoms with van der Waals surface area (Å²) in [5.74, 6) is 0.406. The molecule has 0 spiro atoms. The number of para-hydroxylation sites is 1. The Morgan fingerprint density at radius 3 is 2.19 bits per heavy atom. The minimum Gasteiger partial charge on any atom is -0.307 e. The summed E-state index contributed by atoms with van der Waals surface area (Å²) < 4.78 is 0. The Hall–Kier alpha value is -1.80. The predicted octanol–water partition coefficient (Wildman–Crippen LogP) is 4.58. The van der Waals surface area contributed by atoms with Gasteiger partial charge in [-0.3, -0.25) is 4.79 Å². The molecule has 2 aromatic carbocycles. The van der Waals surface area contributed by atoms with Crippen LogP contribution in [0.2, 0.25) is 0 Å². The summed E-state index contributed by atoms with van der Waals surface area (Å²) in [4.78, 5) is 13.8. The van der Waals surface area contributed by atoms with Gasteiger partial charge in [0, 0.05) is 5.69 Å². The van der Waals surface area contributed by atoms with Gasteiger partial charge in [-0.05, 0) is 29.2 Å². The van der Waals surface area contributed by atoms with Crippen LogP contribution in [0.15, 0.2) is 54.6 Å². The van der Waals surface area contributed by atoms with Crippen LogP contribution in [-0.2, 0) is 11.3 Å². The number of benzene rings is 2. The van der Waals surface area contributed by atoms with Crippen LogP contribution < -0.4 is 4.90 Å². The van der Waals surface area contributed by atoms with Crippen molar-refractivity contribution in [3.8, 4) is 0 Å². The van der Waals surface area contributed by atoms with Crippen molar-refractivity contribution in [2.75, 3.05) is 10.8 Å². The first-order valence-electron chi connectivity index (χ1n) is 7.12. The molecule has 0 aliphatic rings. The van der Waals surface area contributed by atoms with Crippen LogP contribution in [0.25, 0.3) is 0 Å². The molecule has 0 radical (unpaired) electrons. The molecule has 0 heterocycles. The van der Waals surface area contributed by atoms with E-state index in [1.807, 2.05) is 30.3 Å². The van der Waals surface area contributed by atoms with Crippen LogP contribution in [0.4, 0.5) is 5.69 Å². The molecule has 110 valence electrons. The second-order valence-corrected chi connectivity index (χ2v) is 5.61. The van der Waals surface area contributed by atoms with Gasteiger partial charge in [0.1, 0.15) is 5.88 Å². The highest BCUT2D eigenvalue weighted by Gasteiger charge is 2.15. The summed E-state index contributed by atoms with van der Waals surface area (Å²) in [6.07, 6.45) is 0. The van der Waals surface area contributed by atoms with E-state index in [9.17, 15) is 4.79 Å². The first-order valence-corrected chi connectivity index (χ1v) is 7.65. The quantitative estimate of drug-likeness (QED) is 0.740. The van der Waals surface area contributed by atoms with Crippen LogP contribution in [-0.4, -0.2) is 11.8 Å². The number of nitrogens with zero attached hydrogens (tertiary/aromatic N) is 1. The third-order valence-corrected chi connectivity index (χ3v) is 3.70. The average Bonchev–Trinajstić information content (AvgIpc) is 2.53. The van der Waals surface area contributed by atoms with Crippen LogP contribution >= 0.6 is 11.6 Å². The van der Waals surface area contributed by atoms with E-state index in [-0.39, 0.29) is 11.8 Å². The summed E-state index contributed by atoms with van der Waals surface area (Å²) in [5.41, 5.74) is 3.27. The third-order valence-electron chi connectivity index (χ3n) is 3.47. The molecule has 0 saturated heterocycles. The Labute approximate surface area is 131 Å². The van der Waals surface area contributed by atoms with Crippen LogP contribution in [0.1, 0.15) is 30.9 Å². The molecule has 0 unspecified atom stereocenters. The van der Waals surface area contributed by atoms with E-state index in [0.29, 0.717) is 12.5 Å². The van der Waals surface area contributed by atoms with Gasteiger partial charge in [-0.25, -0.2) is 0 Å². The Morgan fingerprint density at radius 1 is 1.05 bits per heavy atom. The topological polar surface area (TPSA) is 20.3 Å². The number of hydrogen-bond donors (Lipinski definition) is 0. The van der Waals surface area contributed by atoms with Crippen molar-refractivity contribution < 1.29 is 4.79 Å². The molecule has 2 nitrogen and oxygen atoms in total. The van der Waals surface area contributed by atoms with E-state index in [4.69, 9.17) is 11.6 Å². The normalized spacial score (nSPS) is 10.7. The van der Waals surface area contributed by atoms with E-state index >= 15 is 0 Å². The lowest BCUT2D eigenvalue weighted by molar-refractivity contribution is -0.116. The SMILES string of the molecule is CC(C)c1ccc(CN(C(=O)CCl)c2ccccc2)cc1. The molecule has 2 aromatic rings. The zero-order valence-electron chi connectivity index (χ0n) is 12.4. The van der Waals surface area contributed by atoms with Crippen molar-refractivity contribution in [1.82, 2.24) is 0 Å². The van der Waals surface area contributed by atoms with Crippen LogP contribution in [0, 0.1) is 0 Å². The van der Waals surface area contributed by atoms with E-state index in [2.05, 4.69) is 38.1 Å². The molecule has 21 heavy (non-hydrogen) atoms. The first-order chi connectivity index (χ1) is 10.1. The number of carbonyl (C=O) groups is 1. The van der Waals surface area contributed by atoms with Gasteiger partial charge in [-0.1, -0.05) is 56.3 Å². The molecule has 0 aliphatic heterocycles. The lowest BCUT2D eigenvalue weighted by Crippen LogP contribution is -2.31. The fourth-order valence-electron chi connectivity index (χ4n) is 2.19. The van der Waals surface area contributed by atoms with E-state index in [1.54, 1.807) is 4.90 Å². The van der Waals surface area contributed by atoms with Crippen molar-refractivity contribution >= 4 is 23.2 Å². The molecule has 2 rings (SSSR count). The fourth-order valence-corrected chi connectivity index (χ4v) is 2.34. The molecule has 0 atom stereocenters. The second-order valence-electron chi connectivity index (χ2n) is 5.35. The summed E-state index contributed by atoms with van der Waals surface area (Å²) in [7, 11) is 0. The molecular weight excluding hydrogens is 282 g/mol. The summed E-state index contributed by atoms with van der Waals surface area (Å²) in [6.45, 7) is 4.87. The third kappa shape index (κ3) is 4.08. The number of anilines is 1. The summed E-state index contributed by atoms with van der Waals surface area (Å²) >= 11 is 5.74. The van der Waals surface area contributed by atoms with Gasteiger partial charge >= 0.3 is 0 Å². The average molecular weight is 302 g/mol. The monoisotopic (exact) mass is 301 g/mol. The smallest absolute Gasteiger partial charge is 0.242 e. The standard InChI is InChI=1S/C18H20ClNO/c1-14(2)16-10-8-15(9-11-16)13-20(18(21)12-19)17-6-4-3-5-7-17/h3-11,14H,12-13H2,1-2H3. The van der Waals surface area contributed by atoms with Gasteiger partial charge in [0.2, 0.25) is 5.91 Å². The van der Waals surface area contributed by atoms with Crippen molar-refractivity contribution in [2.45, 2.75) is 26.3 Å². The minimum atomic E-state index is -0.0872. The molecule has 0 aromatic heterocycles. The highest BCUT2D eigenvalue weighted by molar-refractivity contribution is 6.29. The molecule has 0 aliphatic carbocycles. The van der Waals surface area contributed by atoms with E-state index in [0.717, 1.165) is 11.3 Å². The van der Waals surface area contributed by atoms with Crippen molar-refractivity contribution in [2.24, 2.45) is 0 Å². The summed E-state index contributed by atoms with van der Waals surface area (Å²) in [6, 6.07) is 18.0. The zero-order valence-corrected chi connectivity index (χ0v) is 13.2. The highest BCUT2D eigenvalue weighted by atomic mass is 35.5. The first kappa shape index (κ1) is 15.6. The highest BCUT2D eigenvalue weighted by Crippen LogP contribution is 2.20. The number of carbonyl (C=O) groups excluding carboxylic acids is 1. The Morgan fingerprint density at radius 2 is 1.67 bits per heavy atom. The number of amides is 1. The van der Waals surface area contributed by atoms with Gasteiger partial charge in [0.05, 0.1) is 6.54 Å². The van der Waals surface area contributed by atoms with Crippen molar-refractivity contribution in [3.63, 3.8) is 0 Å². The molecule has 3 heteroatoms. The number of hydrogen-bond acceptors (Lipinski definition) is 1. The maximum atomic E-state index is 12.1. The molecule has 0 N–H and O–H groups in total. The van der Waals surface area contributed by atoms with Crippen molar-refractivity contribution in [3.05, 3.63) is 65.7 Å². The Balaban J connectivity index is 2.21. The van der Waals surface area contributed by atoms with Gasteiger partial charge < -0.3 is 4.90 Å². The van der Waals surface area contributed by atoms with Crippen LogP contribution in [0.5, 0.6) is 0 Å². The fraction of sp³-hybridized carbons (Fsp3) is 0.278. The maximum Gasteiger partial charge on any atom is 0.242 e.